The zero-order valence-electron chi connectivity index (χ0n) is 29.0. The van der Waals surface area contributed by atoms with Gasteiger partial charge in [0.05, 0.1) is 18.1 Å². The summed E-state index contributed by atoms with van der Waals surface area (Å²) in [6.07, 6.45) is 12.8. The summed E-state index contributed by atoms with van der Waals surface area (Å²) in [6.45, 7) is 21.4. The van der Waals surface area contributed by atoms with E-state index in [1.54, 1.807) is 31.6 Å². The zero-order valence-corrected chi connectivity index (χ0v) is 29.0. The van der Waals surface area contributed by atoms with Gasteiger partial charge in [-0.25, -0.2) is 4.79 Å². The number of allylic oxidation sites excluding steroid dienone is 4. The molecule has 5 aliphatic rings. The maximum absolute atomic E-state index is 13.2. The molecule has 1 aromatic heterocycles. The Balaban J connectivity index is 0.000000327. The lowest BCUT2D eigenvalue weighted by atomic mass is 9.35. The molecule has 10 atom stereocenters. The second-order valence-corrected chi connectivity index (χ2v) is 16.0. The van der Waals surface area contributed by atoms with Crippen LogP contribution in [0.25, 0.3) is 0 Å². The number of rotatable bonds is 6. The molecule has 0 radical (unpaired) electrons. The SMILES string of the molecule is C=CC(C)(O)CCC=C(C)C.CC(=O)O[C@@H]1C[C@H]2C(C)(C)C(=O)C=C[C@]2(C)[C@H]2CC[C@@]3(C)[C@H](c4ccoc4)OC(=O)[C@H]4O[C@]43[C@@]21C. The second-order valence-electron chi connectivity index (χ2n) is 16.0. The number of fused-ring (bicyclic) bond motifs is 3. The monoisotopic (exact) mass is 636 g/mol. The third kappa shape index (κ3) is 4.97. The van der Waals surface area contributed by atoms with Crippen molar-refractivity contribution < 1.29 is 38.1 Å². The van der Waals surface area contributed by atoms with Crippen LogP contribution in [0.3, 0.4) is 0 Å². The number of hydrogen-bond acceptors (Lipinski definition) is 8. The Morgan fingerprint density at radius 3 is 2.41 bits per heavy atom. The van der Waals surface area contributed by atoms with Gasteiger partial charge in [0.15, 0.2) is 11.9 Å². The molecule has 1 N–H and O–H groups in total. The van der Waals surface area contributed by atoms with Crippen LogP contribution in [0.5, 0.6) is 0 Å². The van der Waals surface area contributed by atoms with Crippen LogP contribution in [-0.2, 0) is 28.6 Å². The number of carbonyl (C=O) groups excluding carboxylic acids is 3. The highest BCUT2D eigenvalue weighted by Gasteiger charge is 2.88. The minimum absolute atomic E-state index is 0.00639. The Kier molecular flexibility index (Phi) is 8.46. The van der Waals surface area contributed by atoms with Gasteiger partial charge < -0.3 is 23.7 Å². The minimum Gasteiger partial charge on any atom is -0.472 e. The molecule has 1 unspecified atom stereocenters. The summed E-state index contributed by atoms with van der Waals surface area (Å²) < 4.78 is 24.0. The van der Waals surface area contributed by atoms with Crippen molar-refractivity contribution in [2.75, 3.05) is 0 Å². The largest absolute Gasteiger partial charge is 0.472 e. The van der Waals surface area contributed by atoms with Gasteiger partial charge >= 0.3 is 11.9 Å². The molecule has 1 aromatic rings. The number of esters is 2. The van der Waals surface area contributed by atoms with Crippen molar-refractivity contribution >= 4 is 17.7 Å². The van der Waals surface area contributed by atoms with Crippen molar-refractivity contribution in [3.8, 4) is 0 Å². The van der Waals surface area contributed by atoms with E-state index < -0.39 is 45.8 Å². The van der Waals surface area contributed by atoms with Gasteiger partial charge in [0.2, 0.25) is 0 Å². The third-order valence-corrected chi connectivity index (χ3v) is 12.5. The fourth-order valence-corrected chi connectivity index (χ4v) is 9.96. The molecule has 2 saturated carbocycles. The van der Waals surface area contributed by atoms with Gasteiger partial charge in [-0.15, -0.1) is 6.58 Å². The van der Waals surface area contributed by atoms with Crippen molar-refractivity contribution in [3.63, 3.8) is 0 Å². The van der Waals surface area contributed by atoms with Gasteiger partial charge in [-0.1, -0.05) is 58.4 Å². The van der Waals surface area contributed by atoms with E-state index in [9.17, 15) is 19.5 Å². The number of cyclic esters (lactones) is 1. The predicted molar refractivity (Wildman–Crippen MR) is 173 cm³/mol. The Labute approximate surface area is 273 Å². The first kappa shape index (κ1) is 34.4. The molecule has 2 aliphatic heterocycles. The summed E-state index contributed by atoms with van der Waals surface area (Å²) in [5, 5.41) is 9.49. The van der Waals surface area contributed by atoms with Gasteiger partial charge in [0, 0.05) is 28.7 Å². The Hall–Kier alpha value is -2.97. The molecule has 6 rings (SSSR count). The van der Waals surface area contributed by atoms with E-state index in [0.717, 1.165) is 31.2 Å². The summed E-state index contributed by atoms with van der Waals surface area (Å²) in [4.78, 5) is 38.6. The summed E-state index contributed by atoms with van der Waals surface area (Å²) in [7, 11) is 0. The summed E-state index contributed by atoms with van der Waals surface area (Å²) in [5.41, 5.74) is -1.55. The van der Waals surface area contributed by atoms with E-state index in [4.69, 9.17) is 18.6 Å². The van der Waals surface area contributed by atoms with E-state index in [0.29, 0.717) is 6.42 Å². The molecule has 4 fully saturated rings. The molecular formula is C38H52O8. The number of aliphatic hydroxyl groups is 1. The Morgan fingerprint density at radius 2 is 1.83 bits per heavy atom. The van der Waals surface area contributed by atoms with Gasteiger partial charge in [-0.3, -0.25) is 9.59 Å². The molecule has 0 bridgehead atoms. The molecule has 1 spiro atoms. The third-order valence-electron chi connectivity index (χ3n) is 12.5. The van der Waals surface area contributed by atoms with E-state index in [1.807, 2.05) is 19.9 Å². The first-order chi connectivity index (χ1) is 21.3. The van der Waals surface area contributed by atoms with E-state index in [1.165, 1.54) is 12.5 Å². The van der Waals surface area contributed by atoms with Crippen LogP contribution in [-0.4, -0.2) is 46.2 Å². The van der Waals surface area contributed by atoms with Crippen molar-refractivity contribution in [3.05, 3.63) is 60.6 Å². The van der Waals surface area contributed by atoms with Crippen LogP contribution in [0, 0.1) is 33.5 Å². The van der Waals surface area contributed by atoms with E-state index in [2.05, 4.69) is 53.3 Å². The van der Waals surface area contributed by atoms with Gasteiger partial charge in [-0.2, -0.15) is 0 Å². The Morgan fingerprint density at radius 1 is 1.13 bits per heavy atom. The summed E-state index contributed by atoms with van der Waals surface area (Å²) >= 11 is 0. The number of ketones is 1. The van der Waals surface area contributed by atoms with Crippen LogP contribution >= 0.6 is 0 Å². The quantitative estimate of drug-likeness (QED) is 0.198. The number of epoxide rings is 1. The predicted octanol–water partition coefficient (Wildman–Crippen LogP) is 7.23. The molecule has 0 aromatic carbocycles. The molecule has 252 valence electrons. The fourth-order valence-electron chi connectivity index (χ4n) is 9.96. The van der Waals surface area contributed by atoms with Crippen LogP contribution in [0.15, 0.2) is 59.5 Å². The summed E-state index contributed by atoms with van der Waals surface area (Å²) in [5.74, 6) is -0.603. The van der Waals surface area contributed by atoms with Gasteiger partial charge in [0.25, 0.3) is 0 Å². The van der Waals surface area contributed by atoms with Crippen LogP contribution in [0.1, 0.15) is 106 Å². The number of furan rings is 1. The fraction of sp³-hybridized carbons (Fsp3) is 0.658. The maximum atomic E-state index is 13.2. The maximum Gasteiger partial charge on any atom is 0.339 e. The second kappa shape index (κ2) is 11.3. The average molecular weight is 637 g/mol. The number of carbonyl (C=O) groups is 3. The molecule has 3 heterocycles. The van der Waals surface area contributed by atoms with Gasteiger partial charge in [0.1, 0.15) is 17.8 Å². The lowest BCUT2D eigenvalue weighted by Gasteiger charge is -2.68. The topological polar surface area (TPSA) is 116 Å². The smallest absolute Gasteiger partial charge is 0.339 e. The van der Waals surface area contributed by atoms with Gasteiger partial charge in [-0.05, 0) is 82.3 Å². The van der Waals surface area contributed by atoms with Crippen molar-refractivity contribution in [2.45, 2.75) is 124 Å². The molecule has 8 heteroatoms. The lowest BCUT2D eigenvalue weighted by Crippen LogP contribution is -2.72. The standard InChI is InChI=1S/C28H34O7.C10H18O/c1-15(29)33-20-13-18-24(2,3)19(30)8-10-25(18,4)17-7-11-26(5)21(16-9-12-32-14-16)34-23(31)22-28(26,35-22)27(17,20)6;1-5-10(4,11)8-6-7-9(2)3/h8-10,12,14,17-18,20-22H,7,11,13H2,1-6H3;5,7,11H,1,6,8H2,2-4H3/t17-,18+,20-,21+,22-,25-,26+,27+,28-;/m1./s1. The lowest BCUT2D eigenvalue weighted by molar-refractivity contribution is -0.251. The van der Waals surface area contributed by atoms with Crippen LogP contribution < -0.4 is 0 Å². The highest BCUT2D eigenvalue weighted by Crippen LogP contribution is 2.79. The molecule has 8 nitrogen and oxygen atoms in total. The molecule has 2 saturated heterocycles. The highest BCUT2D eigenvalue weighted by molar-refractivity contribution is 5.96. The number of ether oxygens (including phenoxy) is 3. The average Bonchev–Trinajstić information content (AvgIpc) is 3.54. The summed E-state index contributed by atoms with van der Waals surface area (Å²) in [6, 6.07) is 1.84. The first-order valence-corrected chi connectivity index (χ1v) is 16.6. The molecule has 3 aliphatic carbocycles. The number of hydrogen-bond donors (Lipinski definition) is 1. The highest BCUT2D eigenvalue weighted by atomic mass is 16.7. The Bertz CT molecular complexity index is 1450. The first-order valence-electron chi connectivity index (χ1n) is 16.6. The minimum atomic E-state index is -0.853. The van der Waals surface area contributed by atoms with Crippen molar-refractivity contribution in [2.24, 2.45) is 33.5 Å². The van der Waals surface area contributed by atoms with E-state index in [-0.39, 0.29) is 35.0 Å². The zero-order chi connectivity index (χ0) is 34.1. The van der Waals surface area contributed by atoms with Crippen LogP contribution in [0.4, 0.5) is 0 Å². The van der Waals surface area contributed by atoms with Crippen molar-refractivity contribution in [1.82, 2.24) is 0 Å². The normalized spacial score (nSPS) is 41.0. The van der Waals surface area contributed by atoms with Crippen LogP contribution in [0.2, 0.25) is 0 Å². The molecule has 0 amide bonds. The van der Waals surface area contributed by atoms with E-state index >= 15 is 0 Å². The van der Waals surface area contributed by atoms with Crippen molar-refractivity contribution in [1.29, 1.82) is 0 Å². The molecular weight excluding hydrogens is 584 g/mol. The molecule has 46 heavy (non-hydrogen) atoms.